The lowest BCUT2D eigenvalue weighted by molar-refractivity contribution is 0.103. The number of rotatable bonds is 33. The van der Waals surface area contributed by atoms with Gasteiger partial charge in [-0.25, -0.2) is 0 Å². The van der Waals surface area contributed by atoms with Crippen molar-refractivity contribution >= 4 is 0 Å². The fourth-order valence-corrected chi connectivity index (χ4v) is 6.76. The van der Waals surface area contributed by atoms with Crippen LogP contribution in [0.4, 0.5) is 0 Å². The van der Waals surface area contributed by atoms with Crippen LogP contribution in [0.1, 0.15) is 194 Å². The number of aliphatic hydroxyl groups is 1. The Morgan fingerprint density at radius 1 is 0.442 bits per heavy atom. The van der Waals surface area contributed by atoms with E-state index in [2.05, 4.69) is 48.0 Å². The van der Waals surface area contributed by atoms with Crippen molar-refractivity contribution in [3.05, 3.63) is 24.3 Å². The highest BCUT2D eigenvalue weighted by Crippen LogP contribution is 2.22. The number of unbranched alkanes of at least 4 members (excludes halogenated alkanes) is 23. The van der Waals surface area contributed by atoms with Gasteiger partial charge in [0.25, 0.3) is 0 Å². The summed E-state index contributed by atoms with van der Waals surface area (Å²) in [4.78, 5) is 5.29. The fraction of sp³-hybridized carbons (Fsp3) is 0.900. The second-order valence-corrected chi connectivity index (χ2v) is 13.6. The van der Waals surface area contributed by atoms with Crippen LogP contribution in [-0.4, -0.2) is 53.9 Å². The number of hydrogen-bond acceptors (Lipinski definition) is 3. The van der Waals surface area contributed by atoms with Crippen LogP contribution in [0.15, 0.2) is 24.3 Å². The third-order valence-corrected chi connectivity index (χ3v) is 9.59. The van der Waals surface area contributed by atoms with E-state index in [0.717, 1.165) is 13.1 Å². The Bertz CT molecular complexity index is 603. The molecule has 1 rings (SSSR count). The molecule has 0 saturated carbocycles. The fourth-order valence-electron chi connectivity index (χ4n) is 6.76. The van der Waals surface area contributed by atoms with Crippen molar-refractivity contribution in [2.75, 3.05) is 32.8 Å². The van der Waals surface area contributed by atoms with Crippen LogP contribution in [0, 0.1) is 0 Å². The quantitative estimate of drug-likeness (QED) is 0.0598. The molecule has 0 bridgehead atoms. The zero-order valence-corrected chi connectivity index (χ0v) is 29.6. The van der Waals surface area contributed by atoms with Crippen molar-refractivity contribution in [1.29, 1.82) is 0 Å². The third kappa shape index (κ3) is 25.3. The molecule has 3 heteroatoms. The lowest BCUT2D eigenvalue weighted by atomic mass is 10.1. The number of hydrogen-bond donors (Lipinski definition) is 1. The van der Waals surface area contributed by atoms with Gasteiger partial charge in [-0.1, -0.05) is 154 Å². The van der Waals surface area contributed by atoms with Crippen molar-refractivity contribution < 1.29 is 5.11 Å². The first-order chi connectivity index (χ1) is 21.3. The van der Waals surface area contributed by atoms with Gasteiger partial charge in [-0.3, -0.25) is 9.80 Å². The molecule has 1 heterocycles. The maximum atomic E-state index is 9.59. The molecule has 0 aliphatic carbocycles. The lowest BCUT2D eigenvalue weighted by Gasteiger charge is -2.30. The molecule has 1 saturated heterocycles. The Morgan fingerprint density at radius 3 is 1.21 bits per heavy atom. The van der Waals surface area contributed by atoms with Gasteiger partial charge in [-0.2, -0.15) is 0 Å². The van der Waals surface area contributed by atoms with E-state index in [-0.39, 0.29) is 0 Å². The van der Waals surface area contributed by atoms with E-state index in [9.17, 15) is 5.11 Å². The van der Waals surface area contributed by atoms with E-state index in [1.54, 1.807) is 0 Å². The molecule has 43 heavy (non-hydrogen) atoms. The molecule has 254 valence electrons. The number of β-amino-alcohol motifs (C(OH)–C–C–N with tert-alkyl or cyclic N) is 1. The molecular formula is C40H78N2O. The van der Waals surface area contributed by atoms with Gasteiger partial charge in [0.15, 0.2) is 0 Å². The maximum absolute atomic E-state index is 9.59. The zero-order valence-electron chi connectivity index (χ0n) is 29.6. The number of allylic oxidation sites excluding steroid dienone is 4. The molecule has 1 N–H and O–H groups in total. The highest BCUT2D eigenvalue weighted by atomic mass is 16.3. The molecular weight excluding hydrogens is 524 g/mol. The van der Waals surface area contributed by atoms with Crippen LogP contribution in [0.25, 0.3) is 0 Å². The van der Waals surface area contributed by atoms with Crippen molar-refractivity contribution in [2.24, 2.45) is 0 Å². The third-order valence-electron chi connectivity index (χ3n) is 9.59. The van der Waals surface area contributed by atoms with Gasteiger partial charge in [0, 0.05) is 19.6 Å². The highest BCUT2D eigenvalue weighted by Gasteiger charge is 2.30. The minimum Gasteiger partial charge on any atom is -0.395 e. The molecule has 0 amide bonds. The van der Waals surface area contributed by atoms with Crippen LogP contribution in [0.2, 0.25) is 0 Å². The number of nitrogens with zero attached hydrogens (tertiary/aromatic N) is 2. The first-order valence-electron chi connectivity index (χ1n) is 19.7. The van der Waals surface area contributed by atoms with Crippen molar-refractivity contribution in [3.63, 3.8) is 0 Å². The summed E-state index contributed by atoms with van der Waals surface area (Å²) in [5.41, 5.74) is 0. The molecule has 0 spiro atoms. The minimum atomic E-state index is 0.297. The standard InChI is InChI=1S/C40H78N2O/c1-3-5-7-9-11-13-15-17-19-21-23-25-27-29-31-33-35-41-36-37-42(38-39-43)40(41)34-32-30-28-26-24-22-20-18-16-14-12-10-8-6-4-2/h17-20,40,43H,3-16,21-39H2,1-2H3. The molecule has 0 radical (unpaired) electrons. The lowest BCUT2D eigenvalue weighted by Crippen LogP contribution is -2.40. The second kappa shape index (κ2) is 32.7. The smallest absolute Gasteiger partial charge is 0.0624 e. The highest BCUT2D eigenvalue weighted by molar-refractivity contribution is 4.83. The van der Waals surface area contributed by atoms with Crippen LogP contribution >= 0.6 is 0 Å². The molecule has 1 aliphatic rings. The van der Waals surface area contributed by atoms with Crippen LogP contribution in [0.5, 0.6) is 0 Å². The summed E-state index contributed by atoms with van der Waals surface area (Å²) in [6, 6.07) is 0. The van der Waals surface area contributed by atoms with E-state index >= 15 is 0 Å². The van der Waals surface area contributed by atoms with E-state index in [1.165, 1.54) is 193 Å². The van der Waals surface area contributed by atoms with Crippen LogP contribution in [-0.2, 0) is 0 Å². The molecule has 1 fully saturated rings. The molecule has 0 aromatic rings. The van der Waals surface area contributed by atoms with Crippen molar-refractivity contribution in [3.8, 4) is 0 Å². The summed E-state index contributed by atoms with van der Waals surface area (Å²) in [6.07, 6.45) is 48.6. The molecule has 0 aromatic carbocycles. The van der Waals surface area contributed by atoms with E-state index in [0.29, 0.717) is 12.8 Å². The van der Waals surface area contributed by atoms with E-state index in [4.69, 9.17) is 0 Å². The van der Waals surface area contributed by atoms with Crippen LogP contribution in [0.3, 0.4) is 0 Å². The Hall–Kier alpha value is -0.640. The normalized spacial score (nSPS) is 16.5. The largest absolute Gasteiger partial charge is 0.395 e. The molecule has 1 atom stereocenters. The summed E-state index contributed by atoms with van der Waals surface area (Å²) < 4.78 is 0. The minimum absolute atomic E-state index is 0.297. The van der Waals surface area contributed by atoms with Crippen molar-refractivity contribution in [2.45, 2.75) is 200 Å². The SMILES string of the molecule is CCCCCCCCC=CCCCCCCCCN1CCN(CCO)C1CCCCCCCC=CCCCCCCCC. The predicted molar refractivity (Wildman–Crippen MR) is 193 cm³/mol. The summed E-state index contributed by atoms with van der Waals surface area (Å²) in [6.45, 7) is 9.31. The van der Waals surface area contributed by atoms with Gasteiger partial charge in [0.05, 0.1) is 12.8 Å². The summed E-state index contributed by atoms with van der Waals surface area (Å²) in [5.74, 6) is 0. The zero-order chi connectivity index (χ0) is 30.9. The maximum Gasteiger partial charge on any atom is 0.0624 e. The van der Waals surface area contributed by atoms with Gasteiger partial charge >= 0.3 is 0 Å². The van der Waals surface area contributed by atoms with Gasteiger partial charge in [-0.05, 0) is 70.8 Å². The summed E-state index contributed by atoms with van der Waals surface area (Å²) >= 11 is 0. The van der Waals surface area contributed by atoms with E-state index < -0.39 is 0 Å². The van der Waals surface area contributed by atoms with Crippen LogP contribution < -0.4 is 0 Å². The molecule has 3 nitrogen and oxygen atoms in total. The van der Waals surface area contributed by atoms with E-state index in [1.807, 2.05) is 0 Å². The Labute approximate surface area is 271 Å². The Morgan fingerprint density at radius 2 is 0.791 bits per heavy atom. The predicted octanol–water partition coefficient (Wildman–Crippen LogP) is 12.0. The van der Waals surface area contributed by atoms with Crippen molar-refractivity contribution in [1.82, 2.24) is 9.80 Å². The second-order valence-electron chi connectivity index (χ2n) is 13.6. The van der Waals surface area contributed by atoms with Gasteiger partial charge in [0.1, 0.15) is 0 Å². The average molecular weight is 603 g/mol. The summed E-state index contributed by atoms with van der Waals surface area (Å²) in [7, 11) is 0. The first kappa shape index (κ1) is 40.4. The van der Waals surface area contributed by atoms with Gasteiger partial charge < -0.3 is 5.11 Å². The number of aliphatic hydroxyl groups excluding tert-OH is 1. The van der Waals surface area contributed by atoms with Gasteiger partial charge in [0.2, 0.25) is 0 Å². The molecule has 1 unspecified atom stereocenters. The molecule has 0 aromatic heterocycles. The monoisotopic (exact) mass is 603 g/mol. The molecule has 1 aliphatic heterocycles. The topological polar surface area (TPSA) is 26.7 Å². The van der Waals surface area contributed by atoms with Gasteiger partial charge in [-0.15, -0.1) is 0 Å². The summed E-state index contributed by atoms with van der Waals surface area (Å²) in [5, 5.41) is 9.59. The Balaban J connectivity index is 2.01. The Kier molecular flexibility index (Phi) is 30.8. The average Bonchev–Trinajstić information content (AvgIpc) is 3.39. The first-order valence-corrected chi connectivity index (χ1v) is 19.7.